The first-order valence-corrected chi connectivity index (χ1v) is 30.6. The van der Waals surface area contributed by atoms with Gasteiger partial charge >= 0.3 is 17.9 Å². The molecule has 0 saturated carbocycles. The van der Waals surface area contributed by atoms with Gasteiger partial charge in [-0.1, -0.05) is 262 Å². The average molecular weight is 1060 g/mol. The van der Waals surface area contributed by atoms with Crippen LogP contribution in [-0.2, 0) is 28.6 Å². The summed E-state index contributed by atoms with van der Waals surface area (Å²) in [6.45, 7) is 6.26. The van der Waals surface area contributed by atoms with Crippen molar-refractivity contribution < 1.29 is 28.6 Å². The quantitative estimate of drug-likeness (QED) is 0.0261. The second-order valence-corrected chi connectivity index (χ2v) is 19.5. The molecule has 0 aromatic carbocycles. The summed E-state index contributed by atoms with van der Waals surface area (Å²) in [5, 5.41) is 0. The minimum atomic E-state index is -0.862. The van der Waals surface area contributed by atoms with Crippen LogP contribution in [0.4, 0.5) is 0 Å². The number of hydrogen-bond donors (Lipinski definition) is 0. The van der Waals surface area contributed by atoms with Crippen molar-refractivity contribution in [1.82, 2.24) is 0 Å². The van der Waals surface area contributed by atoms with E-state index in [1.165, 1.54) is 83.5 Å². The third-order valence-corrected chi connectivity index (χ3v) is 12.2. The predicted octanol–water partition coefficient (Wildman–Crippen LogP) is 21.1. The minimum absolute atomic E-state index is 0.142. The van der Waals surface area contributed by atoms with Gasteiger partial charge in [0, 0.05) is 19.3 Å². The fourth-order valence-corrected chi connectivity index (χ4v) is 7.70. The molecule has 0 aliphatic carbocycles. The van der Waals surface area contributed by atoms with E-state index in [2.05, 4.69) is 167 Å². The molecule has 0 bridgehead atoms. The van der Waals surface area contributed by atoms with Gasteiger partial charge in [-0.15, -0.1) is 0 Å². The normalized spacial score (nSPS) is 13.3. The first kappa shape index (κ1) is 71.8. The summed E-state index contributed by atoms with van der Waals surface area (Å²) in [6, 6.07) is 0. The lowest BCUT2D eigenvalue weighted by atomic mass is 10.1. The van der Waals surface area contributed by atoms with E-state index in [0.717, 1.165) is 103 Å². The van der Waals surface area contributed by atoms with Crippen LogP contribution in [0.3, 0.4) is 0 Å². The van der Waals surface area contributed by atoms with Gasteiger partial charge < -0.3 is 14.2 Å². The Morgan fingerprint density at radius 2 is 0.532 bits per heavy atom. The molecular formula is C71H110O6. The van der Waals surface area contributed by atoms with Gasteiger partial charge in [0.15, 0.2) is 6.10 Å². The SMILES string of the molecule is CC/C=C\C/C=C\C/C=C\C/C=C\C/C=C\C/C=C\CCC(=O)OCC(COC(=O)CCCCCCCCCCC/C=C\C/C=C\CCCCCCC)OC(=O)CC/C=C\C/C=C\C/C=C\C/C=C\C/C=C\C/C=C\CC. The molecule has 0 amide bonds. The smallest absolute Gasteiger partial charge is 0.306 e. The van der Waals surface area contributed by atoms with Crippen molar-refractivity contribution in [2.24, 2.45) is 0 Å². The number of rotatable bonds is 53. The topological polar surface area (TPSA) is 78.9 Å². The molecule has 0 radical (unpaired) electrons. The number of allylic oxidation sites excluding steroid dienone is 28. The van der Waals surface area contributed by atoms with Crippen molar-refractivity contribution in [2.75, 3.05) is 13.2 Å². The maximum absolute atomic E-state index is 12.9. The van der Waals surface area contributed by atoms with Crippen molar-refractivity contribution in [3.8, 4) is 0 Å². The highest BCUT2D eigenvalue weighted by atomic mass is 16.6. The molecule has 6 nitrogen and oxygen atoms in total. The Labute approximate surface area is 472 Å². The van der Waals surface area contributed by atoms with Crippen LogP contribution in [-0.4, -0.2) is 37.2 Å². The molecule has 0 aromatic heterocycles. The molecule has 0 aliphatic rings. The monoisotopic (exact) mass is 1060 g/mol. The summed E-state index contributed by atoms with van der Waals surface area (Å²) in [7, 11) is 0. The molecule has 0 heterocycles. The summed E-state index contributed by atoms with van der Waals surface area (Å²) in [4.78, 5) is 38.2. The summed E-state index contributed by atoms with van der Waals surface area (Å²) >= 11 is 0. The van der Waals surface area contributed by atoms with Crippen molar-refractivity contribution in [3.63, 3.8) is 0 Å². The van der Waals surface area contributed by atoms with Crippen molar-refractivity contribution >= 4 is 17.9 Å². The molecular weight excluding hydrogens is 949 g/mol. The van der Waals surface area contributed by atoms with E-state index in [1.54, 1.807) is 0 Å². The van der Waals surface area contributed by atoms with Crippen LogP contribution in [0.2, 0.25) is 0 Å². The molecule has 0 aromatic rings. The van der Waals surface area contributed by atoms with Crippen LogP contribution in [0.5, 0.6) is 0 Å². The van der Waals surface area contributed by atoms with Crippen LogP contribution in [0.15, 0.2) is 170 Å². The summed E-state index contributed by atoms with van der Waals surface area (Å²) in [5.41, 5.74) is 0. The Balaban J connectivity index is 4.63. The summed E-state index contributed by atoms with van der Waals surface area (Å²) in [6.07, 6.45) is 93.7. The van der Waals surface area contributed by atoms with E-state index in [9.17, 15) is 14.4 Å². The summed E-state index contributed by atoms with van der Waals surface area (Å²) < 4.78 is 16.8. The zero-order valence-corrected chi connectivity index (χ0v) is 49.1. The molecule has 0 saturated heterocycles. The van der Waals surface area contributed by atoms with Crippen molar-refractivity contribution in [3.05, 3.63) is 170 Å². The van der Waals surface area contributed by atoms with Gasteiger partial charge in [-0.25, -0.2) is 0 Å². The molecule has 430 valence electrons. The number of carbonyl (C=O) groups is 3. The van der Waals surface area contributed by atoms with E-state index < -0.39 is 12.1 Å². The largest absolute Gasteiger partial charge is 0.462 e. The van der Waals surface area contributed by atoms with E-state index >= 15 is 0 Å². The standard InChI is InChI=1S/C71H110O6/c1-4-7-10-13-16-19-22-25-28-31-34-35-38-40-43-46-49-52-55-58-61-64-70(73)76-67-68(77-71(74)65-62-59-56-53-50-47-44-41-37-33-30-27-24-21-18-15-12-9-6-3)66-75-69(72)63-60-57-54-51-48-45-42-39-36-32-29-26-23-20-17-14-11-8-5-2/h8-9,11-12,17-18,20-22,25-27,29-31,34,36-37,39,41,45,47-48,50,54,56-57,59,68H,4-7,10,13-16,19,23-24,28,32-33,35,38,40,42-44,46,49,51-53,55,58,60-67H2,1-3H3/b11-8-,12-9-,20-17-,21-18-,25-22-,29-26-,30-27-,34-31-,39-36-,41-37-,48-45-,50-47-,57-54-,59-56-. The molecule has 77 heavy (non-hydrogen) atoms. The molecule has 0 aliphatic heterocycles. The van der Waals surface area contributed by atoms with E-state index in [1.807, 2.05) is 24.3 Å². The number of ether oxygens (including phenoxy) is 3. The number of esters is 3. The second-order valence-electron chi connectivity index (χ2n) is 19.5. The lowest BCUT2D eigenvalue weighted by Crippen LogP contribution is -2.30. The lowest BCUT2D eigenvalue weighted by Gasteiger charge is -2.18. The number of carbonyl (C=O) groups excluding carboxylic acids is 3. The maximum atomic E-state index is 12.9. The first-order valence-electron chi connectivity index (χ1n) is 30.6. The Hall–Kier alpha value is -5.23. The van der Waals surface area contributed by atoms with Crippen LogP contribution in [0, 0.1) is 0 Å². The van der Waals surface area contributed by atoms with Gasteiger partial charge in [0.25, 0.3) is 0 Å². The molecule has 0 N–H and O–H groups in total. The van der Waals surface area contributed by atoms with Crippen LogP contribution < -0.4 is 0 Å². The fourth-order valence-electron chi connectivity index (χ4n) is 7.70. The van der Waals surface area contributed by atoms with Gasteiger partial charge in [0.2, 0.25) is 0 Å². The van der Waals surface area contributed by atoms with E-state index in [-0.39, 0.29) is 38.0 Å². The Kier molecular flexibility index (Phi) is 59.0. The maximum Gasteiger partial charge on any atom is 0.306 e. The molecule has 0 fully saturated rings. The van der Waals surface area contributed by atoms with Gasteiger partial charge in [-0.05, 0) is 128 Å². The average Bonchev–Trinajstić information content (AvgIpc) is 3.43. The highest BCUT2D eigenvalue weighted by molar-refractivity contribution is 5.71. The lowest BCUT2D eigenvalue weighted by molar-refractivity contribution is -0.166. The van der Waals surface area contributed by atoms with Gasteiger partial charge in [0.1, 0.15) is 13.2 Å². The molecule has 0 rings (SSSR count). The third kappa shape index (κ3) is 61.5. The molecule has 1 unspecified atom stereocenters. The molecule has 6 heteroatoms. The molecule has 0 spiro atoms. The van der Waals surface area contributed by atoms with E-state index in [4.69, 9.17) is 14.2 Å². The zero-order chi connectivity index (χ0) is 55.7. The third-order valence-electron chi connectivity index (χ3n) is 12.2. The van der Waals surface area contributed by atoms with Gasteiger partial charge in [-0.3, -0.25) is 14.4 Å². The number of unbranched alkanes of at least 4 members (excludes halogenated alkanes) is 14. The Morgan fingerprint density at radius 1 is 0.273 bits per heavy atom. The van der Waals surface area contributed by atoms with Crippen LogP contribution in [0.25, 0.3) is 0 Å². The van der Waals surface area contributed by atoms with Crippen LogP contribution >= 0.6 is 0 Å². The fraction of sp³-hybridized carbons (Fsp3) is 0.563. The first-order chi connectivity index (χ1) is 38.0. The van der Waals surface area contributed by atoms with Crippen molar-refractivity contribution in [2.45, 2.75) is 245 Å². The van der Waals surface area contributed by atoms with Crippen molar-refractivity contribution in [1.29, 1.82) is 0 Å². The molecule has 1 atom stereocenters. The van der Waals surface area contributed by atoms with E-state index in [0.29, 0.717) is 19.3 Å². The second kappa shape index (κ2) is 63.3. The zero-order valence-electron chi connectivity index (χ0n) is 49.1. The predicted molar refractivity (Wildman–Crippen MR) is 334 cm³/mol. The highest BCUT2D eigenvalue weighted by Crippen LogP contribution is 2.13. The minimum Gasteiger partial charge on any atom is -0.462 e. The Bertz CT molecular complexity index is 1790. The Morgan fingerprint density at radius 3 is 0.870 bits per heavy atom. The summed E-state index contributed by atoms with van der Waals surface area (Å²) in [5.74, 6) is -1.13. The highest BCUT2D eigenvalue weighted by Gasteiger charge is 2.19. The number of hydrogen-bond acceptors (Lipinski definition) is 6. The van der Waals surface area contributed by atoms with Gasteiger partial charge in [-0.2, -0.15) is 0 Å². The van der Waals surface area contributed by atoms with Crippen LogP contribution in [0.1, 0.15) is 239 Å². The van der Waals surface area contributed by atoms with Gasteiger partial charge in [0.05, 0.1) is 0 Å².